The predicted octanol–water partition coefficient (Wildman–Crippen LogP) is 1.56. The SMILES string of the molecule is COc1ccc(C(=O)NCc2ccoc2)cc1C#CCO. The van der Waals surface area contributed by atoms with Crippen molar-refractivity contribution in [1.82, 2.24) is 5.32 Å². The fraction of sp³-hybridized carbons (Fsp3) is 0.188. The Morgan fingerprint density at radius 1 is 1.43 bits per heavy atom. The second-order valence-corrected chi connectivity index (χ2v) is 4.19. The van der Waals surface area contributed by atoms with Crippen LogP contribution >= 0.6 is 0 Å². The minimum Gasteiger partial charge on any atom is -0.495 e. The molecule has 0 bridgehead atoms. The third-order valence-electron chi connectivity index (χ3n) is 2.80. The van der Waals surface area contributed by atoms with Crippen LogP contribution in [0.25, 0.3) is 0 Å². The summed E-state index contributed by atoms with van der Waals surface area (Å²) in [5.74, 6) is 5.64. The lowest BCUT2D eigenvalue weighted by molar-refractivity contribution is 0.0951. The molecule has 0 unspecified atom stereocenters. The maximum absolute atomic E-state index is 12.1. The van der Waals surface area contributed by atoms with Gasteiger partial charge in [-0.1, -0.05) is 11.8 Å². The van der Waals surface area contributed by atoms with Crippen LogP contribution in [0.2, 0.25) is 0 Å². The Morgan fingerprint density at radius 2 is 2.29 bits per heavy atom. The standard InChI is InChI=1S/C16H15NO4/c1-20-15-5-4-14(9-13(15)3-2-7-18)16(19)17-10-12-6-8-21-11-12/h4-6,8-9,11,18H,7,10H2,1H3,(H,17,19). The molecule has 0 saturated carbocycles. The number of aliphatic hydroxyl groups excluding tert-OH is 1. The van der Waals surface area contributed by atoms with E-state index in [9.17, 15) is 4.79 Å². The Morgan fingerprint density at radius 3 is 2.95 bits per heavy atom. The van der Waals surface area contributed by atoms with Gasteiger partial charge in [0.05, 0.1) is 25.2 Å². The molecule has 5 nitrogen and oxygen atoms in total. The largest absolute Gasteiger partial charge is 0.495 e. The zero-order valence-corrected chi connectivity index (χ0v) is 11.6. The first-order valence-corrected chi connectivity index (χ1v) is 6.31. The van der Waals surface area contributed by atoms with Crippen molar-refractivity contribution in [2.45, 2.75) is 6.54 Å². The second kappa shape index (κ2) is 7.17. The average Bonchev–Trinajstić information content (AvgIpc) is 3.03. The van der Waals surface area contributed by atoms with Crippen LogP contribution in [-0.2, 0) is 6.54 Å². The number of benzene rings is 1. The van der Waals surface area contributed by atoms with Crippen molar-refractivity contribution in [3.05, 3.63) is 53.5 Å². The summed E-state index contributed by atoms with van der Waals surface area (Å²) >= 11 is 0. The molecule has 2 rings (SSSR count). The van der Waals surface area contributed by atoms with Gasteiger partial charge in [-0.3, -0.25) is 4.79 Å². The van der Waals surface area contributed by atoms with Gasteiger partial charge >= 0.3 is 0 Å². The van der Waals surface area contributed by atoms with Gasteiger partial charge in [0.2, 0.25) is 0 Å². The van der Waals surface area contributed by atoms with Crippen molar-refractivity contribution in [2.75, 3.05) is 13.7 Å². The van der Waals surface area contributed by atoms with Crippen LogP contribution in [0.5, 0.6) is 5.75 Å². The molecule has 0 saturated heterocycles. The Balaban J connectivity index is 2.13. The van der Waals surface area contributed by atoms with Crippen molar-refractivity contribution in [3.8, 4) is 17.6 Å². The molecular weight excluding hydrogens is 270 g/mol. The third-order valence-corrected chi connectivity index (χ3v) is 2.80. The number of amides is 1. The predicted molar refractivity (Wildman–Crippen MR) is 76.8 cm³/mol. The van der Waals surface area contributed by atoms with Crippen LogP contribution in [0.3, 0.4) is 0 Å². The summed E-state index contributed by atoms with van der Waals surface area (Å²) in [6, 6.07) is 6.75. The van der Waals surface area contributed by atoms with Gasteiger partial charge in [-0.05, 0) is 24.3 Å². The highest BCUT2D eigenvalue weighted by Gasteiger charge is 2.09. The Bertz CT molecular complexity index is 665. The lowest BCUT2D eigenvalue weighted by atomic mass is 10.1. The normalized spacial score (nSPS) is 9.62. The molecule has 1 aromatic heterocycles. The number of hydrogen-bond donors (Lipinski definition) is 2. The quantitative estimate of drug-likeness (QED) is 0.836. The van der Waals surface area contributed by atoms with E-state index in [1.54, 1.807) is 36.8 Å². The van der Waals surface area contributed by atoms with Crippen LogP contribution in [-0.4, -0.2) is 24.7 Å². The summed E-state index contributed by atoms with van der Waals surface area (Å²) in [5, 5.41) is 11.5. The first-order chi connectivity index (χ1) is 10.2. The molecule has 108 valence electrons. The van der Waals surface area contributed by atoms with Crippen molar-refractivity contribution >= 4 is 5.91 Å². The van der Waals surface area contributed by atoms with E-state index in [2.05, 4.69) is 17.2 Å². The van der Waals surface area contributed by atoms with Crippen molar-refractivity contribution in [2.24, 2.45) is 0 Å². The highest BCUT2D eigenvalue weighted by molar-refractivity contribution is 5.94. The van der Waals surface area contributed by atoms with E-state index in [0.717, 1.165) is 5.56 Å². The molecule has 0 fully saturated rings. The van der Waals surface area contributed by atoms with E-state index in [-0.39, 0.29) is 12.5 Å². The van der Waals surface area contributed by atoms with Crippen LogP contribution in [0.15, 0.2) is 41.2 Å². The average molecular weight is 285 g/mol. The number of ether oxygens (including phenoxy) is 1. The van der Waals surface area contributed by atoms with Crippen LogP contribution in [0.4, 0.5) is 0 Å². The second-order valence-electron chi connectivity index (χ2n) is 4.19. The van der Waals surface area contributed by atoms with E-state index in [0.29, 0.717) is 23.4 Å². The first kappa shape index (κ1) is 14.7. The maximum atomic E-state index is 12.1. The summed E-state index contributed by atoms with van der Waals surface area (Å²) in [4.78, 5) is 12.1. The molecule has 5 heteroatoms. The fourth-order valence-corrected chi connectivity index (χ4v) is 1.76. The number of rotatable bonds is 4. The monoisotopic (exact) mass is 285 g/mol. The third kappa shape index (κ3) is 3.88. The van der Waals surface area contributed by atoms with E-state index >= 15 is 0 Å². The number of methoxy groups -OCH3 is 1. The fourth-order valence-electron chi connectivity index (χ4n) is 1.76. The molecule has 0 spiro atoms. The number of carbonyl (C=O) groups excluding carboxylic acids is 1. The highest BCUT2D eigenvalue weighted by Crippen LogP contribution is 2.19. The molecule has 2 aromatic rings. The van der Waals surface area contributed by atoms with Gasteiger partial charge in [0, 0.05) is 17.7 Å². The molecule has 0 aliphatic rings. The highest BCUT2D eigenvalue weighted by atomic mass is 16.5. The molecule has 2 N–H and O–H groups in total. The lowest BCUT2D eigenvalue weighted by Crippen LogP contribution is -2.22. The Labute approximate surface area is 122 Å². The van der Waals surface area contributed by atoms with Crippen molar-refractivity contribution in [1.29, 1.82) is 0 Å². The number of furan rings is 1. The smallest absolute Gasteiger partial charge is 0.251 e. The lowest BCUT2D eigenvalue weighted by Gasteiger charge is -2.07. The molecular formula is C16H15NO4. The molecule has 0 aliphatic carbocycles. The minimum atomic E-state index is -0.250. The summed E-state index contributed by atoms with van der Waals surface area (Å²) < 4.78 is 10.1. The van der Waals surface area contributed by atoms with Gasteiger partial charge in [-0.15, -0.1) is 0 Å². The number of aliphatic hydroxyl groups is 1. The van der Waals surface area contributed by atoms with Gasteiger partial charge < -0.3 is 19.6 Å². The molecule has 21 heavy (non-hydrogen) atoms. The van der Waals surface area contributed by atoms with Crippen LogP contribution in [0.1, 0.15) is 21.5 Å². The summed E-state index contributed by atoms with van der Waals surface area (Å²) in [6.45, 7) is 0.138. The zero-order chi connectivity index (χ0) is 15.1. The van der Waals surface area contributed by atoms with Gasteiger partial charge in [0.1, 0.15) is 12.4 Å². The zero-order valence-electron chi connectivity index (χ0n) is 11.6. The Hall–Kier alpha value is -2.71. The summed E-state index contributed by atoms with van der Waals surface area (Å²) in [7, 11) is 1.53. The van der Waals surface area contributed by atoms with Crippen LogP contribution < -0.4 is 10.1 Å². The minimum absolute atomic E-state index is 0.217. The summed E-state index contributed by atoms with van der Waals surface area (Å²) in [5.41, 5.74) is 1.92. The van der Waals surface area contributed by atoms with Crippen LogP contribution in [0, 0.1) is 11.8 Å². The molecule has 1 amide bonds. The Kier molecular flexibility index (Phi) is 5.02. The maximum Gasteiger partial charge on any atom is 0.251 e. The number of nitrogens with one attached hydrogen (secondary N) is 1. The van der Waals surface area contributed by atoms with E-state index in [1.165, 1.54) is 7.11 Å². The number of carbonyl (C=O) groups is 1. The van der Waals surface area contributed by atoms with Gasteiger partial charge in [-0.2, -0.15) is 0 Å². The molecule has 1 aromatic carbocycles. The van der Waals surface area contributed by atoms with Gasteiger partial charge in [0.15, 0.2) is 0 Å². The number of hydrogen-bond acceptors (Lipinski definition) is 4. The van der Waals surface area contributed by atoms with E-state index in [1.807, 2.05) is 0 Å². The van der Waals surface area contributed by atoms with E-state index < -0.39 is 0 Å². The van der Waals surface area contributed by atoms with Crippen molar-refractivity contribution < 1.29 is 19.1 Å². The molecule has 0 radical (unpaired) electrons. The molecule has 1 heterocycles. The summed E-state index contributed by atoms with van der Waals surface area (Å²) in [6.07, 6.45) is 3.13. The molecule has 0 aliphatic heterocycles. The molecule has 0 atom stereocenters. The van der Waals surface area contributed by atoms with Gasteiger partial charge in [0.25, 0.3) is 5.91 Å². The topological polar surface area (TPSA) is 71.7 Å². The first-order valence-electron chi connectivity index (χ1n) is 6.31. The van der Waals surface area contributed by atoms with Gasteiger partial charge in [-0.25, -0.2) is 0 Å². The van der Waals surface area contributed by atoms with E-state index in [4.69, 9.17) is 14.3 Å². The van der Waals surface area contributed by atoms with Crippen molar-refractivity contribution in [3.63, 3.8) is 0 Å².